The van der Waals surface area contributed by atoms with Gasteiger partial charge in [-0.3, -0.25) is 28.8 Å². The van der Waals surface area contributed by atoms with Crippen LogP contribution in [0.4, 0.5) is 10.0 Å². The molecule has 20 nitrogen and oxygen atoms in total. The maximum Gasteiger partial charge on any atom is 0.250 e. The van der Waals surface area contributed by atoms with E-state index in [1.165, 1.54) is 9.80 Å². The molecule has 2 fully saturated rings. The molecule has 0 spiro atoms. The minimum absolute atomic E-state index is 0.00607. The van der Waals surface area contributed by atoms with Gasteiger partial charge in [0.1, 0.15) is 70.3 Å². The highest BCUT2D eigenvalue weighted by molar-refractivity contribution is 7.11. The Morgan fingerprint density at radius 2 is 0.962 bits per heavy atom. The van der Waals surface area contributed by atoms with E-state index in [0.29, 0.717) is 82.8 Å². The Morgan fingerprint density at radius 3 is 1.33 bits per heavy atom. The van der Waals surface area contributed by atoms with Gasteiger partial charge < -0.3 is 51.2 Å². The Labute approximate surface area is 459 Å². The predicted octanol–water partition coefficient (Wildman–Crippen LogP) is 4.98. The Morgan fingerprint density at radius 1 is 0.577 bits per heavy atom. The first-order valence-corrected chi connectivity index (χ1v) is 26.8. The molecule has 4 heterocycles. The molecule has 8 rings (SSSR count). The summed E-state index contributed by atoms with van der Waals surface area (Å²) >= 11 is 2.11. The van der Waals surface area contributed by atoms with Crippen LogP contribution in [0.25, 0.3) is 22.5 Å². The van der Waals surface area contributed by atoms with E-state index >= 15 is 0 Å². The molecule has 402 valence electrons. The van der Waals surface area contributed by atoms with Gasteiger partial charge in [0.05, 0.1) is 12.1 Å². The molecular formula is C56H58N12O8S2. The largest absolute Gasteiger partial charge is 0.481 e. The minimum atomic E-state index is -1.09. The number of anilines is 2. The first-order chi connectivity index (χ1) is 37.9. The summed E-state index contributed by atoms with van der Waals surface area (Å²) in [5, 5.41) is 26.8. The lowest BCUT2D eigenvalue weighted by Gasteiger charge is -2.29. The molecule has 4 aromatic carbocycles. The Bertz CT molecular complexity index is 2980. The van der Waals surface area contributed by atoms with Crippen molar-refractivity contribution >= 4 is 68.5 Å². The van der Waals surface area contributed by atoms with Crippen molar-refractivity contribution in [3.63, 3.8) is 0 Å². The SMILES string of the molecule is CN[C@@H](C)C(=O)N[C@H](C(=O)N1CCC[C@H]1C(=O)Nc1snnc1-c1ccccc1)c1ccc(OCC#CC#CCOc2ccc([C@H](NC(=O)[C@H](C)NC)C(=O)N3CCC[C@H]3C(=O)Nc3snnc3-c3ccccc3)cc2)cc1. The summed E-state index contributed by atoms with van der Waals surface area (Å²) in [6.45, 7) is 4.04. The third kappa shape index (κ3) is 13.9. The summed E-state index contributed by atoms with van der Waals surface area (Å²) in [7, 11) is 3.30. The molecule has 2 aliphatic rings. The molecule has 0 saturated carbocycles. The number of aromatic nitrogens is 4. The van der Waals surface area contributed by atoms with E-state index in [9.17, 15) is 28.8 Å². The van der Waals surface area contributed by atoms with Crippen LogP contribution in [0.3, 0.4) is 0 Å². The lowest BCUT2D eigenvalue weighted by atomic mass is 10.0. The van der Waals surface area contributed by atoms with Gasteiger partial charge >= 0.3 is 0 Å². The molecule has 78 heavy (non-hydrogen) atoms. The van der Waals surface area contributed by atoms with Crippen LogP contribution in [-0.4, -0.2) is 129 Å². The van der Waals surface area contributed by atoms with Crippen molar-refractivity contribution in [3.8, 4) is 57.7 Å². The Balaban J connectivity index is 0.845. The van der Waals surface area contributed by atoms with E-state index in [0.717, 1.165) is 34.2 Å². The van der Waals surface area contributed by atoms with Crippen LogP contribution < -0.4 is 41.4 Å². The van der Waals surface area contributed by atoms with Gasteiger partial charge in [0.25, 0.3) is 0 Å². The minimum Gasteiger partial charge on any atom is -0.481 e. The molecular weight excluding hydrogens is 1030 g/mol. The van der Waals surface area contributed by atoms with E-state index < -0.39 is 48.1 Å². The second-order valence-electron chi connectivity index (χ2n) is 18.2. The summed E-state index contributed by atoms with van der Waals surface area (Å²) in [5.74, 6) is 9.76. The van der Waals surface area contributed by atoms with Crippen LogP contribution in [0.1, 0.15) is 62.7 Å². The van der Waals surface area contributed by atoms with E-state index in [-0.39, 0.29) is 36.8 Å². The molecule has 2 aliphatic heterocycles. The summed E-state index contributed by atoms with van der Waals surface area (Å²) < 4.78 is 19.7. The topological polar surface area (TPSA) is 251 Å². The number of amides is 6. The van der Waals surface area contributed by atoms with E-state index in [1.807, 2.05) is 60.7 Å². The fourth-order valence-corrected chi connectivity index (χ4v) is 9.92. The molecule has 6 amide bonds. The van der Waals surface area contributed by atoms with E-state index in [1.54, 1.807) is 76.5 Å². The van der Waals surface area contributed by atoms with Crippen molar-refractivity contribution in [3.05, 3.63) is 120 Å². The summed E-state index contributed by atoms with van der Waals surface area (Å²) in [4.78, 5) is 85.5. The first kappa shape index (κ1) is 55.7. The maximum atomic E-state index is 14.3. The number of carbonyl (C=O) groups is 6. The highest BCUT2D eigenvalue weighted by Crippen LogP contribution is 2.33. The zero-order chi connectivity index (χ0) is 55.0. The molecule has 6 atom stereocenters. The number of rotatable bonds is 20. The molecule has 0 aliphatic carbocycles. The summed E-state index contributed by atoms with van der Waals surface area (Å²) in [5.41, 5.74) is 3.68. The lowest BCUT2D eigenvalue weighted by Crippen LogP contribution is -2.51. The standard InChI is InChI=1S/C56H58N12O8S2/c1-35(57-3)49(69)59-47(55(73)67-31-15-21-43(67)51(71)61-53-45(63-65-77-53)37-17-9-7-10-18-37)39-23-27-41(28-24-39)75-33-13-5-6-14-34-76-42-29-25-40(26-30-42)48(60-50(70)36(2)58-4)56(74)68-32-16-22-44(68)52(72)62-54-46(64-66-78-54)38-19-11-8-12-20-38/h7-12,17-20,23-30,35-36,43-44,47-48,57-58H,15-16,21-22,31-34H2,1-4H3,(H,59,69)(H,60,70)(H,61,71)(H,62,72)/t35-,36-,43-,44-,47-,48-/m0/s1. The Hall–Kier alpha value is -8.54. The van der Waals surface area contributed by atoms with Gasteiger partial charge in [0.15, 0.2) is 0 Å². The zero-order valence-corrected chi connectivity index (χ0v) is 44.9. The predicted molar refractivity (Wildman–Crippen MR) is 296 cm³/mol. The van der Waals surface area contributed by atoms with Gasteiger partial charge in [-0.25, -0.2) is 0 Å². The molecule has 22 heteroatoms. The van der Waals surface area contributed by atoms with Crippen molar-refractivity contribution in [1.29, 1.82) is 0 Å². The van der Waals surface area contributed by atoms with Crippen LogP contribution in [0.5, 0.6) is 11.5 Å². The third-order valence-electron chi connectivity index (χ3n) is 13.2. The molecule has 0 bridgehead atoms. The van der Waals surface area contributed by atoms with E-state index in [2.05, 4.69) is 74.8 Å². The monoisotopic (exact) mass is 1090 g/mol. The maximum absolute atomic E-state index is 14.3. The van der Waals surface area contributed by atoms with Gasteiger partial charge in [-0.2, -0.15) is 0 Å². The molecule has 6 N–H and O–H groups in total. The third-order valence-corrected chi connectivity index (χ3v) is 14.5. The number of nitrogens with one attached hydrogen (secondary N) is 6. The van der Waals surface area contributed by atoms with Crippen LogP contribution >= 0.6 is 23.1 Å². The fraction of sp³-hybridized carbons (Fsp3) is 0.321. The number of nitrogens with zero attached hydrogens (tertiary/aromatic N) is 6. The van der Waals surface area contributed by atoms with Crippen molar-refractivity contribution in [1.82, 2.24) is 50.2 Å². The van der Waals surface area contributed by atoms with Crippen molar-refractivity contribution in [2.24, 2.45) is 0 Å². The average Bonchev–Trinajstić information content (AvgIpc) is 4.38. The van der Waals surface area contributed by atoms with Crippen LogP contribution in [0.2, 0.25) is 0 Å². The number of ether oxygens (including phenoxy) is 2. The first-order valence-electron chi connectivity index (χ1n) is 25.3. The molecule has 6 aromatic rings. The lowest BCUT2D eigenvalue weighted by molar-refractivity contribution is -0.140. The van der Waals surface area contributed by atoms with Crippen molar-refractivity contribution < 1.29 is 38.2 Å². The smallest absolute Gasteiger partial charge is 0.250 e. The van der Waals surface area contributed by atoms with Crippen molar-refractivity contribution in [2.45, 2.75) is 75.8 Å². The van der Waals surface area contributed by atoms with Crippen LogP contribution in [0, 0.1) is 23.7 Å². The molecule has 0 unspecified atom stereocenters. The summed E-state index contributed by atoms with van der Waals surface area (Å²) in [6.07, 6.45) is 2.09. The van der Waals surface area contributed by atoms with Crippen LogP contribution in [0.15, 0.2) is 109 Å². The van der Waals surface area contributed by atoms with Crippen molar-refractivity contribution in [2.75, 3.05) is 51.0 Å². The number of likely N-dealkylation sites (N-methyl/N-ethyl adjacent to an activating group) is 2. The quantitative estimate of drug-likeness (QED) is 0.0553. The number of hydrogen-bond donors (Lipinski definition) is 6. The highest BCUT2D eigenvalue weighted by atomic mass is 32.1. The van der Waals surface area contributed by atoms with Gasteiger partial charge in [-0.15, -0.1) is 10.2 Å². The van der Waals surface area contributed by atoms with E-state index in [4.69, 9.17) is 9.47 Å². The molecule has 2 saturated heterocycles. The van der Waals surface area contributed by atoms with Gasteiger partial charge in [-0.05, 0) is 113 Å². The zero-order valence-electron chi connectivity index (χ0n) is 43.3. The molecule has 0 radical (unpaired) electrons. The number of hydrogen-bond acceptors (Lipinski definition) is 16. The Kier molecular flexibility index (Phi) is 19.3. The number of carbonyl (C=O) groups excluding carboxylic acids is 6. The highest BCUT2D eigenvalue weighted by Gasteiger charge is 2.41. The second kappa shape index (κ2) is 27.0. The second-order valence-corrected chi connectivity index (χ2v) is 19.7. The normalized spacial score (nSPS) is 16.2. The fourth-order valence-electron chi connectivity index (χ4n) is 8.73. The number of benzene rings is 4. The van der Waals surface area contributed by atoms with Gasteiger partial charge in [-0.1, -0.05) is 93.9 Å². The summed E-state index contributed by atoms with van der Waals surface area (Å²) in [6, 6.07) is 27.3. The molecule has 2 aromatic heterocycles. The number of likely N-dealkylation sites (tertiary alicyclic amines) is 2. The average molecular weight is 1090 g/mol. The van der Waals surface area contributed by atoms with Gasteiger partial charge in [0.2, 0.25) is 35.4 Å². The van der Waals surface area contributed by atoms with Gasteiger partial charge in [0, 0.05) is 47.3 Å². The van der Waals surface area contributed by atoms with Crippen LogP contribution in [-0.2, 0) is 28.8 Å².